The highest BCUT2D eigenvalue weighted by Crippen LogP contribution is 2.47. The van der Waals surface area contributed by atoms with Crippen LogP contribution in [-0.4, -0.2) is 17.9 Å². The molecule has 0 saturated heterocycles. The first-order valence-electron chi connectivity index (χ1n) is 7.69. The van der Waals surface area contributed by atoms with Gasteiger partial charge in [0.2, 0.25) is 0 Å². The molecule has 1 amide bonds. The van der Waals surface area contributed by atoms with Gasteiger partial charge in [0, 0.05) is 12.0 Å². The largest absolute Gasteiger partial charge is 0.497 e. The summed E-state index contributed by atoms with van der Waals surface area (Å²) in [4.78, 5) is 22.8. The Labute approximate surface area is 138 Å². The van der Waals surface area contributed by atoms with Gasteiger partial charge in [-0.05, 0) is 36.6 Å². The Hall–Kier alpha value is -2.83. The highest BCUT2D eigenvalue weighted by molar-refractivity contribution is 5.98. The van der Waals surface area contributed by atoms with Crippen LogP contribution in [0.2, 0.25) is 0 Å². The van der Waals surface area contributed by atoms with Gasteiger partial charge < -0.3 is 14.5 Å². The number of nitro groups is 1. The number of carbonyl (C=O) groups excluding carboxylic acids is 1. The van der Waals surface area contributed by atoms with Crippen LogP contribution >= 0.6 is 0 Å². The van der Waals surface area contributed by atoms with Gasteiger partial charge in [-0.1, -0.05) is 6.92 Å². The quantitative estimate of drug-likeness (QED) is 0.648. The van der Waals surface area contributed by atoms with Gasteiger partial charge in [0.25, 0.3) is 11.6 Å². The van der Waals surface area contributed by atoms with Crippen LogP contribution in [-0.2, 0) is 6.54 Å². The summed E-state index contributed by atoms with van der Waals surface area (Å²) in [5.41, 5.74) is -0.304. The van der Waals surface area contributed by atoms with E-state index in [1.165, 1.54) is 25.3 Å². The second kappa shape index (κ2) is 6.35. The SMILES string of the molecule is COc1ccc([N+](=O)[O-])c(C(=O)NCc2ccc([C@H]3C[C@H]3C)o2)c1. The maximum Gasteiger partial charge on any atom is 0.282 e. The minimum absolute atomic E-state index is 0.0399. The first kappa shape index (κ1) is 16.0. The van der Waals surface area contributed by atoms with E-state index in [2.05, 4.69) is 12.2 Å². The molecule has 7 heteroatoms. The predicted molar refractivity (Wildman–Crippen MR) is 86.0 cm³/mol. The standard InChI is InChI=1S/C17H18N2O5/c1-10-7-13(10)16-6-4-12(24-16)9-18-17(20)14-8-11(23-2)3-5-15(14)19(21)22/h3-6,8,10,13H,7,9H2,1-2H3,(H,18,20)/t10-,13+/m1/s1. The Bertz CT molecular complexity index is 783. The molecular formula is C17H18N2O5. The molecule has 1 aromatic heterocycles. The molecule has 0 aliphatic heterocycles. The highest BCUT2D eigenvalue weighted by atomic mass is 16.6. The fourth-order valence-electron chi connectivity index (χ4n) is 2.65. The third-order valence-electron chi connectivity index (χ3n) is 4.23. The first-order valence-corrected chi connectivity index (χ1v) is 7.69. The number of rotatable bonds is 6. The van der Waals surface area contributed by atoms with Gasteiger partial charge in [0.1, 0.15) is 22.8 Å². The summed E-state index contributed by atoms with van der Waals surface area (Å²) >= 11 is 0. The van der Waals surface area contributed by atoms with Crippen molar-refractivity contribution in [2.45, 2.75) is 25.8 Å². The average molecular weight is 330 g/mol. The topological polar surface area (TPSA) is 94.6 Å². The summed E-state index contributed by atoms with van der Waals surface area (Å²) < 4.78 is 10.7. The molecule has 24 heavy (non-hydrogen) atoms. The third kappa shape index (κ3) is 3.24. The van der Waals surface area contributed by atoms with Crippen LogP contribution in [0.25, 0.3) is 0 Å². The van der Waals surface area contributed by atoms with E-state index < -0.39 is 10.8 Å². The lowest BCUT2D eigenvalue weighted by molar-refractivity contribution is -0.385. The maximum atomic E-state index is 12.3. The lowest BCUT2D eigenvalue weighted by atomic mass is 10.1. The molecule has 1 heterocycles. The van der Waals surface area contributed by atoms with Crippen molar-refractivity contribution < 1.29 is 18.9 Å². The lowest BCUT2D eigenvalue weighted by Gasteiger charge is -2.06. The van der Waals surface area contributed by atoms with Crippen LogP contribution in [0, 0.1) is 16.0 Å². The number of methoxy groups -OCH3 is 1. The molecule has 0 spiro atoms. The van der Waals surface area contributed by atoms with Crippen LogP contribution in [0.4, 0.5) is 5.69 Å². The Balaban J connectivity index is 1.70. The van der Waals surface area contributed by atoms with Gasteiger partial charge in [-0.2, -0.15) is 0 Å². The van der Waals surface area contributed by atoms with E-state index in [1.54, 1.807) is 0 Å². The number of nitrogens with one attached hydrogen (secondary N) is 1. The fraction of sp³-hybridized carbons (Fsp3) is 0.353. The Morgan fingerprint density at radius 2 is 2.17 bits per heavy atom. The first-order chi connectivity index (χ1) is 11.5. The van der Waals surface area contributed by atoms with E-state index in [0.29, 0.717) is 23.3 Å². The van der Waals surface area contributed by atoms with Crippen molar-refractivity contribution in [3.63, 3.8) is 0 Å². The summed E-state index contributed by atoms with van der Waals surface area (Å²) in [6, 6.07) is 7.80. The fourth-order valence-corrected chi connectivity index (χ4v) is 2.65. The molecule has 1 saturated carbocycles. The number of nitrogens with zero attached hydrogens (tertiary/aromatic N) is 1. The molecule has 3 rings (SSSR count). The second-order valence-corrected chi connectivity index (χ2v) is 5.95. The molecule has 0 unspecified atom stereocenters. The van der Waals surface area contributed by atoms with Gasteiger partial charge in [-0.25, -0.2) is 0 Å². The molecule has 1 N–H and O–H groups in total. The van der Waals surface area contributed by atoms with Crippen molar-refractivity contribution in [1.29, 1.82) is 0 Å². The molecule has 0 bridgehead atoms. The van der Waals surface area contributed by atoms with E-state index in [4.69, 9.17) is 9.15 Å². The van der Waals surface area contributed by atoms with Gasteiger partial charge in [0.05, 0.1) is 18.6 Å². The van der Waals surface area contributed by atoms with Crippen molar-refractivity contribution in [3.05, 3.63) is 57.5 Å². The van der Waals surface area contributed by atoms with E-state index in [-0.39, 0.29) is 17.8 Å². The Morgan fingerprint density at radius 3 is 2.79 bits per heavy atom. The highest BCUT2D eigenvalue weighted by Gasteiger charge is 2.36. The van der Waals surface area contributed by atoms with E-state index in [1.807, 2.05) is 12.1 Å². The smallest absolute Gasteiger partial charge is 0.282 e. The number of nitro benzene ring substituents is 1. The van der Waals surface area contributed by atoms with Crippen molar-refractivity contribution in [3.8, 4) is 5.75 Å². The lowest BCUT2D eigenvalue weighted by Crippen LogP contribution is -2.23. The van der Waals surface area contributed by atoms with Gasteiger partial charge in [-0.15, -0.1) is 0 Å². The monoisotopic (exact) mass is 330 g/mol. The molecule has 2 aromatic rings. The third-order valence-corrected chi connectivity index (χ3v) is 4.23. The number of furan rings is 1. The van der Waals surface area contributed by atoms with Gasteiger partial charge in [0.15, 0.2) is 0 Å². The molecule has 7 nitrogen and oxygen atoms in total. The van der Waals surface area contributed by atoms with Crippen molar-refractivity contribution in [2.75, 3.05) is 7.11 Å². The minimum Gasteiger partial charge on any atom is -0.497 e. The summed E-state index contributed by atoms with van der Waals surface area (Å²) in [6.07, 6.45) is 1.12. The predicted octanol–water partition coefficient (Wildman–Crippen LogP) is 3.25. The van der Waals surface area contributed by atoms with Crippen LogP contribution in [0.15, 0.2) is 34.7 Å². The zero-order chi connectivity index (χ0) is 17.3. The molecule has 1 aliphatic rings. The molecule has 0 radical (unpaired) electrons. The molecular weight excluding hydrogens is 312 g/mol. The number of carbonyl (C=O) groups is 1. The zero-order valence-corrected chi connectivity index (χ0v) is 13.4. The molecule has 1 fully saturated rings. The van der Waals surface area contributed by atoms with Crippen molar-refractivity contribution >= 4 is 11.6 Å². The number of hydrogen-bond acceptors (Lipinski definition) is 5. The number of benzene rings is 1. The second-order valence-electron chi connectivity index (χ2n) is 5.95. The molecule has 1 aliphatic carbocycles. The van der Waals surface area contributed by atoms with E-state index in [0.717, 1.165) is 12.2 Å². The molecule has 126 valence electrons. The van der Waals surface area contributed by atoms with Crippen LogP contribution < -0.4 is 10.1 Å². The van der Waals surface area contributed by atoms with Crippen molar-refractivity contribution in [2.24, 2.45) is 5.92 Å². The maximum absolute atomic E-state index is 12.3. The van der Waals surface area contributed by atoms with E-state index >= 15 is 0 Å². The zero-order valence-electron chi connectivity index (χ0n) is 13.4. The molecule has 2 atom stereocenters. The van der Waals surface area contributed by atoms with E-state index in [9.17, 15) is 14.9 Å². The number of ether oxygens (including phenoxy) is 1. The normalized spacial score (nSPS) is 18.9. The van der Waals surface area contributed by atoms with Crippen LogP contribution in [0.5, 0.6) is 5.75 Å². The van der Waals surface area contributed by atoms with Gasteiger partial charge in [-0.3, -0.25) is 14.9 Å². The number of hydrogen-bond donors (Lipinski definition) is 1. The van der Waals surface area contributed by atoms with Gasteiger partial charge >= 0.3 is 0 Å². The summed E-state index contributed by atoms with van der Waals surface area (Å²) in [5.74, 6) is 2.50. The Morgan fingerprint density at radius 1 is 1.42 bits per heavy atom. The summed E-state index contributed by atoms with van der Waals surface area (Å²) in [7, 11) is 1.44. The van der Waals surface area contributed by atoms with Crippen molar-refractivity contribution in [1.82, 2.24) is 5.32 Å². The summed E-state index contributed by atoms with van der Waals surface area (Å²) in [5, 5.41) is 13.7. The molecule has 1 aromatic carbocycles. The van der Waals surface area contributed by atoms with Crippen LogP contribution in [0.1, 0.15) is 41.1 Å². The average Bonchev–Trinajstić information content (AvgIpc) is 3.12. The number of amides is 1. The summed E-state index contributed by atoms with van der Waals surface area (Å²) in [6.45, 7) is 2.34. The minimum atomic E-state index is -0.589. The Kier molecular flexibility index (Phi) is 4.24. The van der Waals surface area contributed by atoms with Crippen LogP contribution in [0.3, 0.4) is 0 Å².